The molecule has 0 saturated carbocycles. The van der Waals surface area contributed by atoms with Crippen LogP contribution in [-0.2, 0) is 0 Å². The molecular formula is C9H9ClF3I2NO2. The molecule has 2 atom stereocenters. The summed E-state index contributed by atoms with van der Waals surface area (Å²) in [5.74, 6) is -0.332. The Bertz CT molecular complexity index is 431. The summed E-state index contributed by atoms with van der Waals surface area (Å²) in [7, 11) is 0. The van der Waals surface area contributed by atoms with Gasteiger partial charge >= 0.3 is 6.18 Å². The predicted octanol–water partition coefficient (Wildman–Crippen LogP) is 2.95. The fraction of sp³-hybridized carbons (Fsp3) is 0.333. The van der Waals surface area contributed by atoms with Crippen LogP contribution in [0.2, 0.25) is 0 Å². The van der Waals surface area contributed by atoms with E-state index < -0.39 is 18.3 Å². The third-order valence-corrected chi connectivity index (χ3v) is 3.54. The quantitative estimate of drug-likeness (QED) is 0.538. The topological polar surface area (TPSA) is 66.5 Å². The zero-order valence-corrected chi connectivity index (χ0v) is 13.7. The number of aliphatic hydroxyl groups excluding tert-OH is 1. The van der Waals surface area contributed by atoms with Crippen molar-refractivity contribution in [2.75, 3.05) is 0 Å². The molecule has 0 bridgehead atoms. The van der Waals surface area contributed by atoms with E-state index in [9.17, 15) is 18.3 Å². The van der Waals surface area contributed by atoms with Gasteiger partial charge in [-0.25, -0.2) is 0 Å². The lowest BCUT2D eigenvalue weighted by atomic mass is 10.0. The van der Waals surface area contributed by atoms with E-state index in [0.29, 0.717) is 7.14 Å². The van der Waals surface area contributed by atoms with Crippen LogP contribution in [0.4, 0.5) is 13.2 Å². The van der Waals surface area contributed by atoms with E-state index in [1.165, 1.54) is 6.07 Å². The summed E-state index contributed by atoms with van der Waals surface area (Å²) in [6.45, 7) is 0. The molecule has 18 heavy (non-hydrogen) atoms. The molecule has 0 aliphatic heterocycles. The summed E-state index contributed by atoms with van der Waals surface area (Å²) in [6.07, 6.45) is -7.53. The standard InChI is InChI=1S/C9H8F3I2NO2.ClH/c10-9(11,12)8(17)6(15)4-1-3(13)2-5(14)7(4)16;/h1-2,6,8,16-17H,15H2;1H/t6-,8-;/m0./s1. The third-order valence-electron chi connectivity index (χ3n) is 2.09. The van der Waals surface area contributed by atoms with E-state index >= 15 is 0 Å². The SMILES string of the molecule is Cl.N[C@@H](c1cc(I)cc(I)c1O)[C@H](O)C(F)(F)F. The lowest BCUT2D eigenvalue weighted by Crippen LogP contribution is -2.38. The van der Waals surface area contributed by atoms with Crippen LogP contribution in [0.5, 0.6) is 5.75 Å². The van der Waals surface area contributed by atoms with E-state index in [1.54, 1.807) is 28.7 Å². The maximum absolute atomic E-state index is 12.3. The van der Waals surface area contributed by atoms with Crippen molar-refractivity contribution in [1.29, 1.82) is 0 Å². The first-order valence-corrected chi connectivity index (χ1v) is 6.48. The van der Waals surface area contributed by atoms with Gasteiger partial charge in [-0.15, -0.1) is 12.4 Å². The number of hydrogen-bond acceptors (Lipinski definition) is 3. The van der Waals surface area contributed by atoms with Crippen molar-refractivity contribution >= 4 is 57.6 Å². The molecule has 1 aromatic rings. The van der Waals surface area contributed by atoms with Gasteiger partial charge in [0.05, 0.1) is 9.61 Å². The number of phenols is 1. The van der Waals surface area contributed by atoms with Crippen LogP contribution in [-0.4, -0.2) is 22.5 Å². The highest BCUT2D eigenvalue weighted by molar-refractivity contribution is 14.1. The Morgan fingerprint density at radius 3 is 2.17 bits per heavy atom. The number of rotatable bonds is 2. The van der Waals surface area contributed by atoms with Gasteiger partial charge in [-0.2, -0.15) is 13.2 Å². The van der Waals surface area contributed by atoms with Crippen molar-refractivity contribution < 1.29 is 23.4 Å². The summed E-state index contributed by atoms with van der Waals surface area (Å²) in [6, 6.07) is 1.20. The lowest BCUT2D eigenvalue weighted by Gasteiger charge is -2.22. The largest absolute Gasteiger partial charge is 0.506 e. The smallest absolute Gasteiger partial charge is 0.416 e. The Morgan fingerprint density at radius 1 is 1.22 bits per heavy atom. The monoisotopic (exact) mass is 509 g/mol. The molecular weight excluding hydrogens is 500 g/mol. The van der Waals surface area contributed by atoms with Gasteiger partial charge in [0.1, 0.15) is 5.75 Å². The van der Waals surface area contributed by atoms with Crippen LogP contribution in [0.25, 0.3) is 0 Å². The molecule has 0 saturated heterocycles. The Balaban J connectivity index is 0.00000289. The second-order valence-electron chi connectivity index (χ2n) is 3.34. The molecule has 9 heteroatoms. The number of hydrogen-bond donors (Lipinski definition) is 3. The van der Waals surface area contributed by atoms with Crippen molar-refractivity contribution in [3.05, 3.63) is 24.8 Å². The second kappa shape index (κ2) is 6.77. The van der Waals surface area contributed by atoms with Crippen molar-refractivity contribution in [1.82, 2.24) is 0 Å². The molecule has 104 valence electrons. The number of aromatic hydroxyl groups is 1. The Labute approximate surface area is 135 Å². The summed E-state index contributed by atoms with van der Waals surface area (Å²) >= 11 is 3.67. The van der Waals surface area contributed by atoms with E-state index in [1.807, 2.05) is 22.6 Å². The fourth-order valence-corrected chi connectivity index (χ4v) is 3.10. The Hall–Kier alpha value is 0.480. The Kier molecular flexibility index (Phi) is 6.95. The maximum Gasteiger partial charge on any atom is 0.416 e. The van der Waals surface area contributed by atoms with Crippen LogP contribution in [0.1, 0.15) is 11.6 Å². The predicted molar refractivity (Wildman–Crippen MR) is 79.8 cm³/mol. The van der Waals surface area contributed by atoms with E-state index in [4.69, 9.17) is 10.8 Å². The van der Waals surface area contributed by atoms with Crippen molar-refractivity contribution in [3.8, 4) is 5.75 Å². The summed E-state index contributed by atoms with van der Waals surface area (Å²) in [5.41, 5.74) is 5.21. The van der Waals surface area contributed by atoms with E-state index in [2.05, 4.69) is 0 Å². The molecule has 0 radical (unpaired) electrons. The normalized spacial score (nSPS) is 14.8. The van der Waals surface area contributed by atoms with Crippen LogP contribution in [0, 0.1) is 7.14 Å². The fourth-order valence-electron chi connectivity index (χ4n) is 1.21. The van der Waals surface area contributed by atoms with Crippen LogP contribution < -0.4 is 5.73 Å². The summed E-state index contributed by atoms with van der Waals surface area (Å²) < 4.78 is 37.9. The van der Waals surface area contributed by atoms with Gasteiger partial charge in [0.25, 0.3) is 0 Å². The van der Waals surface area contributed by atoms with Crippen molar-refractivity contribution in [3.63, 3.8) is 0 Å². The van der Waals surface area contributed by atoms with Gasteiger partial charge in [-0.05, 0) is 57.3 Å². The Morgan fingerprint density at radius 2 is 1.72 bits per heavy atom. The first kappa shape index (κ1) is 18.5. The van der Waals surface area contributed by atoms with Gasteiger partial charge in [0, 0.05) is 9.13 Å². The molecule has 0 aliphatic rings. The van der Waals surface area contributed by atoms with E-state index in [-0.39, 0.29) is 23.7 Å². The van der Waals surface area contributed by atoms with E-state index in [0.717, 1.165) is 0 Å². The van der Waals surface area contributed by atoms with Crippen molar-refractivity contribution in [2.45, 2.75) is 18.3 Å². The van der Waals surface area contributed by atoms with Crippen LogP contribution in [0.3, 0.4) is 0 Å². The van der Waals surface area contributed by atoms with Crippen LogP contribution >= 0.6 is 57.6 Å². The highest BCUT2D eigenvalue weighted by atomic mass is 127. The third kappa shape index (κ3) is 4.25. The second-order valence-corrected chi connectivity index (χ2v) is 5.75. The molecule has 0 aliphatic carbocycles. The van der Waals surface area contributed by atoms with Crippen molar-refractivity contribution in [2.24, 2.45) is 5.73 Å². The molecule has 0 heterocycles. The van der Waals surface area contributed by atoms with Gasteiger partial charge in [-0.3, -0.25) is 0 Å². The molecule has 1 aromatic carbocycles. The van der Waals surface area contributed by atoms with Crippen LogP contribution in [0.15, 0.2) is 12.1 Å². The summed E-state index contributed by atoms with van der Waals surface area (Å²) in [4.78, 5) is 0. The first-order chi connectivity index (χ1) is 7.64. The van der Waals surface area contributed by atoms with Gasteiger partial charge < -0.3 is 15.9 Å². The summed E-state index contributed by atoms with van der Waals surface area (Å²) in [5, 5.41) is 18.7. The number of alkyl halides is 3. The number of halogens is 6. The maximum atomic E-state index is 12.3. The van der Waals surface area contributed by atoms with Gasteiger partial charge in [0.15, 0.2) is 6.10 Å². The minimum Gasteiger partial charge on any atom is -0.506 e. The highest BCUT2D eigenvalue weighted by Crippen LogP contribution is 2.35. The average molecular weight is 509 g/mol. The highest BCUT2D eigenvalue weighted by Gasteiger charge is 2.43. The van der Waals surface area contributed by atoms with Gasteiger partial charge in [0.2, 0.25) is 0 Å². The molecule has 0 unspecified atom stereocenters. The number of nitrogens with two attached hydrogens (primary N) is 1. The minimum absolute atomic E-state index is 0. The number of phenolic OH excluding ortho intramolecular Hbond substituents is 1. The zero-order chi connectivity index (χ0) is 13.4. The molecule has 4 N–H and O–H groups in total. The minimum atomic E-state index is -4.82. The molecule has 1 rings (SSSR count). The number of benzene rings is 1. The average Bonchev–Trinajstić information content (AvgIpc) is 2.20. The molecule has 0 aromatic heterocycles. The molecule has 0 spiro atoms. The lowest BCUT2D eigenvalue weighted by molar-refractivity contribution is -0.210. The first-order valence-electron chi connectivity index (χ1n) is 4.33. The molecule has 0 fully saturated rings. The van der Waals surface area contributed by atoms with Gasteiger partial charge in [-0.1, -0.05) is 0 Å². The molecule has 0 amide bonds. The number of aliphatic hydroxyl groups is 1. The zero-order valence-electron chi connectivity index (χ0n) is 8.58. The molecule has 3 nitrogen and oxygen atoms in total.